The van der Waals surface area contributed by atoms with Crippen molar-refractivity contribution in [1.82, 2.24) is 0 Å². The highest BCUT2D eigenvalue weighted by Gasteiger charge is 2.12. The molecule has 2 rings (SSSR count). The second-order valence-electron chi connectivity index (χ2n) is 3.32. The predicted octanol–water partition coefficient (Wildman–Crippen LogP) is 6.02. The van der Waals surface area contributed by atoms with Crippen LogP contribution in [0.2, 0.25) is 0 Å². The molecule has 4 unspecified atom stereocenters. The van der Waals surface area contributed by atoms with E-state index in [4.69, 9.17) is 5.11 Å². The highest BCUT2D eigenvalue weighted by atomic mass is 127. The molecule has 0 saturated carbocycles. The smallest absolute Gasteiger partial charge is 0.0748 e. The lowest BCUT2D eigenvalue weighted by Gasteiger charge is -1.92. The van der Waals surface area contributed by atoms with E-state index >= 15 is 0 Å². The van der Waals surface area contributed by atoms with Gasteiger partial charge in [0, 0.05) is 36.0 Å². The van der Waals surface area contributed by atoms with Crippen LogP contribution in [0.25, 0.3) is 0 Å². The van der Waals surface area contributed by atoms with Crippen molar-refractivity contribution in [1.29, 1.82) is 5.11 Å². The molecule has 0 amide bonds. The molecule has 2 aromatic heterocycles. The second kappa shape index (κ2) is 10.1. The first-order valence-electron chi connectivity index (χ1n) is 6.54. The highest BCUT2D eigenvalue weighted by Crippen LogP contribution is 2.34. The molecule has 2 aromatic rings. The van der Waals surface area contributed by atoms with Gasteiger partial charge >= 0.3 is 0 Å². The molecular formula is C9H8I4P4S2. The minimum Gasteiger partial charge on any atom is -0.139 e. The van der Waals surface area contributed by atoms with Crippen molar-refractivity contribution in [2.75, 3.05) is 0 Å². The van der Waals surface area contributed by atoms with E-state index in [-0.39, 0.29) is 0 Å². The lowest BCUT2D eigenvalue weighted by Crippen LogP contribution is -2.03. The molecule has 10 heteroatoms. The minimum atomic E-state index is -0.955. The summed E-state index contributed by atoms with van der Waals surface area (Å²) in [6.45, 7) is 0. The van der Waals surface area contributed by atoms with Crippen LogP contribution in [0.5, 0.6) is 0 Å². The zero-order chi connectivity index (χ0) is 17.3. The summed E-state index contributed by atoms with van der Waals surface area (Å²) in [5.41, 5.74) is 0. The maximum absolute atomic E-state index is 8.04. The van der Waals surface area contributed by atoms with Gasteiger partial charge in [0.25, 0.3) is 0 Å². The summed E-state index contributed by atoms with van der Waals surface area (Å²) in [5, 5.41) is 2.09. The van der Waals surface area contributed by atoms with Crippen LogP contribution >= 0.6 is 136 Å². The quantitative estimate of drug-likeness (QED) is 0.248. The van der Waals surface area contributed by atoms with Gasteiger partial charge < -0.3 is 0 Å². The van der Waals surface area contributed by atoms with Gasteiger partial charge in [-0.3, -0.25) is 0 Å². The third-order valence-corrected chi connectivity index (χ3v) is 15.6. The van der Waals surface area contributed by atoms with Gasteiger partial charge in [-0.15, -0.1) is 22.7 Å². The maximum atomic E-state index is 8.04. The molecule has 104 valence electrons. The third-order valence-electron chi connectivity index (χ3n) is 2.17. The monoisotopic (exact) mass is 816 g/mol. The molecule has 0 nitrogen and oxygen atoms in total. The van der Waals surface area contributed by atoms with E-state index in [9.17, 15) is 0 Å². The van der Waals surface area contributed by atoms with Crippen LogP contribution in [0.4, 0.5) is 0 Å². The van der Waals surface area contributed by atoms with Crippen molar-refractivity contribution in [3.8, 4) is 0 Å². The molecule has 0 bridgehead atoms. The fourth-order valence-corrected chi connectivity index (χ4v) is 15.2. The standard InChI is InChI=1S/C9H8I4P4S2/c10-14-6-2-4(18-8(6)16-12)1-5-3-7(15-11)9(17-13)19-5/h2-3,14-17H,1H2/i14D,15D,16D,17D. The first kappa shape index (κ1) is 14.2. The van der Waals surface area contributed by atoms with E-state index in [0.717, 1.165) is 26.3 Å². The molecule has 0 spiro atoms. The zero-order valence-electron chi connectivity index (χ0n) is 13.0. The van der Waals surface area contributed by atoms with Gasteiger partial charge in [-0.05, 0) is 36.8 Å². The zero-order valence-corrected chi connectivity index (χ0v) is 22.8. The first-order valence-corrected chi connectivity index (χ1v) is 21.1. The molecule has 0 fully saturated rings. The average molecular weight is 816 g/mol. The van der Waals surface area contributed by atoms with Crippen LogP contribution in [0.15, 0.2) is 12.1 Å². The summed E-state index contributed by atoms with van der Waals surface area (Å²) in [4.78, 5) is 2.40. The summed E-state index contributed by atoms with van der Waals surface area (Å²) in [7, 11) is 0. The highest BCUT2D eigenvalue weighted by molar-refractivity contribution is 14.2. The fraction of sp³-hybridized carbons (Fsp3) is 0.111. The van der Waals surface area contributed by atoms with Crippen LogP contribution in [0.3, 0.4) is 0 Å². The van der Waals surface area contributed by atoms with E-state index in [2.05, 4.69) is 100 Å². The Balaban J connectivity index is 2.32. The first-order chi connectivity index (χ1) is 10.7. The van der Waals surface area contributed by atoms with Crippen molar-refractivity contribution in [3.05, 3.63) is 21.9 Å². The number of hydrogen-bond donors (Lipinski definition) is 0. The molecule has 0 aliphatic heterocycles. The molecule has 4 atom stereocenters. The molecule has 2 heterocycles. The minimum absolute atomic E-state index is 0.800. The Bertz CT molecular complexity index is 571. The van der Waals surface area contributed by atoms with Crippen molar-refractivity contribution < 1.29 is 0 Å². The molecular weight excluding hydrogens is 804 g/mol. The summed E-state index contributed by atoms with van der Waals surface area (Å²) in [6.07, 6.45) is -3.00. The van der Waals surface area contributed by atoms with Crippen molar-refractivity contribution >= 4 is 155 Å². The maximum Gasteiger partial charge on any atom is 0.0748 e. The molecule has 19 heavy (non-hydrogen) atoms. The Labute approximate surface area is 185 Å². The Kier molecular flexibility index (Phi) is 7.59. The van der Waals surface area contributed by atoms with E-state index in [1.54, 1.807) is 22.7 Å². The Morgan fingerprint density at radius 3 is 1.53 bits per heavy atom. The van der Waals surface area contributed by atoms with E-state index in [0.29, 0.717) is 0 Å². The van der Waals surface area contributed by atoms with Gasteiger partial charge in [-0.25, -0.2) is 0 Å². The molecule has 0 saturated heterocycles. The van der Waals surface area contributed by atoms with Crippen molar-refractivity contribution in [2.24, 2.45) is 0 Å². The molecule has 0 radical (unpaired) electrons. The second-order valence-corrected chi connectivity index (χ2v) is 14.5. The lowest BCUT2D eigenvalue weighted by molar-refractivity contribution is 1.31. The van der Waals surface area contributed by atoms with Gasteiger partial charge in [0.05, 0.1) is 5.11 Å². The van der Waals surface area contributed by atoms with Gasteiger partial charge in [0.2, 0.25) is 0 Å². The molecule has 0 aliphatic rings. The van der Waals surface area contributed by atoms with Gasteiger partial charge in [-0.1, -0.05) is 88.2 Å². The number of halogens is 4. The van der Waals surface area contributed by atoms with E-state index < -0.39 is 24.7 Å². The topological polar surface area (TPSA) is 0 Å². The van der Waals surface area contributed by atoms with Crippen molar-refractivity contribution in [3.63, 3.8) is 0 Å². The fourth-order valence-electron chi connectivity index (χ4n) is 1.43. The molecule has 0 N–H and O–H groups in total. The summed E-state index contributed by atoms with van der Waals surface area (Å²) in [5.74, 6) is 0. The summed E-state index contributed by atoms with van der Waals surface area (Å²) in [6, 6.07) is 4.21. The lowest BCUT2D eigenvalue weighted by atomic mass is 10.3. The van der Waals surface area contributed by atoms with Crippen LogP contribution < -0.4 is 19.8 Å². The number of thiophene rings is 2. The van der Waals surface area contributed by atoms with Gasteiger partial charge in [0.15, 0.2) is 0 Å². The van der Waals surface area contributed by atoms with Crippen LogP contribution in [0, 0.1) is 0 Å². The summed E-state index contributed by atoms with van der Waals surface area (Å²) >= 11 is 12.0. The number of hydrogen-bond acceptors (Lipinski definition) is 2. The predicted molar refractivity (Wildman–Crippen MR) is 139 cm³/mol. The van der Waals surface area contributed by atoms with Crippen LogP contribution in [-0.4, -0.2) is 5.11 Å². The van der Waals surface area contributed by atoms with Gasteiger partial charge in [0.1, 0.15) is 0 Å². The summed E-state index contributed by atoms with van der Waals surface area (Å²) < 4.78 is 34.3. The van der Waals surface area contributed by atoms with Gasteiger partial charge in [-0.2, -0.15) is 0 Å². The molecule has 0 aromatic carbocycles. The Morgan fingerprint density at radius 1 is 0.842 bits per heavy atom. The third kappa shape index (κ3) is 5.52. The number of rotatable bonds is 6. The Hall–Kier alpha value is 4.04. The largest absolute Gasteiger partial charge is 0.139 e. The normalized spacial score (nSPS) is 20.8. The SMILES string of the molecule is [2H]P(I)c1cc(Cc2cc(P([2H])I)c(P([2H])I)s2)sc1P([2H])I. The van der Waals surface area contributed by atoms with Crippen molar-refractivity contribution in [2.45, 2.75) is 6.42 Å². The van der Waals surface area contributed by atoms with E-state index in [1.165, 1.54) is 9.75 Å². The van der Waals surface area contributed by atoms with Crippen LogP contribution in [-0.2, 0) is 6.42 Å². The Morgan fingerprint density at radius 2 is 1.26 bits per heavy atom. The van der Waals surface area contributed by atoms with Crippen LogP contribution in [0.1, 0.15) is 9.75 Å². The average Bonchev–Trinajstić information content (AvgIpc) is 3.03. The van der Waals surface area contributed by atoms with E-state index in [1.807, 2.05) is 0 Å². The molecule has 0 aliphatic carbocycles.